The summed E-state index contributed by atoms with van der Waals surface area (Å²) < 4.78 is 5.33. The minimum atomic E-state index is 0.681. The fraction of sp³-hybridized carbons (Fsp3) is 0.300. The van der Waals surface area contributed by atoms with E-state index in [-0.39, 0.29) is 0 Å². The van der Waals surface area contributed by atoms with Crippen molar-refractivity contribution in [2.24, 2.45) is 4.99 Å². The summed E-state index contributed by atoms with van der Waals surface area (Å²) in [5.41, 5.74) is 2.04. The third-order valence-corrected chi connectivity index (χ3v) is 2.41. The molecule has 2 nitrogen and oxygen atoms in total. The van der Waals surface area contributed by atoms with Crippen molar-refractivity contribution in [1.29, 1.82) is 0 Å². The first-order valence-corrected chi connectivity index (χ1v) is 4.59. The largest absolute Gasteiger partial charge is 0.476 e. The Labute approximate surface area is 82.2 Å². The summed E-state index contributed by atoms with van der Waals surface area (Å²) in [5.74, 6) is 0.710. The molecule has 68 valence electrons. The zero-order chi connectivity index (χ0) is 9.26. The van der Waals surface area contributed by atoms with Gasteiger partial charge in [-0.15, -0.1) is 0 Å². The number of aryl methyl sites for hydroxylation is 1. The molecule has 1 aromatic carbocycles. The molecule has 3 heteroatoms. The molecule has 0 saturated carbocycles. The summed E-state index contributed by atoms with van der Waals surface area (Å²) in [6.07, 6.45) is 0. The summed E-state index contributed by atoms with van der Waals surface area (Å²) in [5, 5.41) is 0.760. The highest BCUT2D eigenvalue weighted by molar-refractivity contribution is 6.31. The van der Waals surface area contributed by atoms with Gasteiger partial charge in [-0.1, -0.05) is 17.7 Å². The number of aliphatic imine (C=N–C) groups is 1. The molecule has 1 aliphatic heterocycles. The van der Waals surface area contributed by atoms with Crippen LogP contribution in [0.15, 0.2) is 23.2 Å². The molecule has 0 radical (unpaired) electrons. The van der Waals surface area contributed by atoms with Gasteiger partial charge in [0.05, 0.1) is 6.54 Å². The minimum absolute atomic E-state index is 0.681. The van der Waals surface area contributed by atoms with Gasteiger partial charge in [-0.2, -0.15) is 0 Å². The summed E-state index contributed by atoms with van der Waals surface area (Å²) in [6.45, 7) is 3.41. The normalized spacial score (nSPS) is 15.4. The van der Waals surface area contributed by atoms with Crippen molar-refractivity contribution in [2.75, 3.05) is 13.2 Å². The molecule has 1 aliphatic rings. The van der Waals surface area contributed by atoms with Gasteiger partial charge in [-0.05, 0) is 24.6 Å². The molecule has 0 saturated heterocycles. The van der Waals surface area contributed by atoms with Crippen LogP contribution < -0.4 is 0 Å². The minimum Gasteiger partial charge on any atom is -0.476 e. The molecule has 0 unspecified atom stereocenters. The summed E-state index contributed by atoms with van der Waals surface area (Å²) in [6, 6.07) is 5.84. The zero-order valence-corrected chi connectivity index (χ0v) is 8.14. The highest BCUT2D eigenvalue weighted by Gasteiger charge is 2.10. The Balaban J connectivity index is 2.36. The molecule has 0 spiro atoms. The first-order valence-electron chi connectivity index (χ1n) is 4.21. The van der Waals surface area contributed by atoms with Crippen molar-refractivity contribution >= 4 is 17.5 Å². The fourth-order valence-electron chi connectivity index (χ4n) is 1.24. The number of benzene rings is 1. The summed E-state index contributed by atoms with van der Waals surface area (Å²) in [7, 11) is 0. The van der Waals surface area contributed by atoms with Crippen LogP contribution in [0.1, 0.15) is 11.1 Å². The topological polar surface area (TPSA) is 21.6 Å². The lowest BCUT2D eigenvalue weighted by Gasteiger charge is -2.03. The van der Waals surface area contributed by atoms with Gasteiger partial charge in [0.2, 0.25) is 5.90 Å². The molecule has 0 bridgehead atoms. The van der Waals surface area contributed by atoms with Crippen LogP contribution in [0, 0.1) is 6.92 Å². The Morgan fingerprint density at radius 2 is 2.31 bits per heavy atom. The van der Waals surface area contributed by atoms with Crippen molar-refractivity contribution in [3.05, 3.63) is 34.3 Å². The van der Waals surface area contributed by atoms with Crippen LogP contribution in [0.2, 0.25) is 5.02 Å². The number of hydrogen-bond donors (Lipinski definition) is 0. The molecule has 0 aliphatic carbocycles. The van der Waals surface area contributed by atoms with Crippen molar-refractivity contribution in [3.63, 3.8) is 0 Å². The molecular weight excluding hydrogens is 186 g/mol. The summed E-state index contributed by atoms with van der Waals surface area (Å²) in [4.78, 5) is 4.21. The smallest absolute Gasteiger partial charge is 0.216 e. The average molecular weight is 196 g/mol. The highest BCUT2D eigenvalue weighted by atomic mass is 35.5. The maximum atomic E-state index is 5.98. The first-order chi connectivity index (χ1) is 6.27. The van der Waals surface area contributed by atoms with Crippen LogP contribution >= 0.6 is 11.6 Å². The van der Waals surface area contributed by atoms with Gasteiger partial charge in [-0.25, -0.2) is 4.99 Å². The molecule has 1 heterocycles. The van der Waals surface area contributed by atoms with Crippen molar-refractivity contribution in [3.8, 4) is 0 Å². The predicted octanol–water partition coefficient (Wildman–Crippen LogP) is 2.43. The van der Waals surface area contributed by atoms with E-state index in [1.165, 1.54) is 0 Å². The van der Waals surface area contributed by atoms with Crippen LogP contribution in [0.5, 0.6) is 0 Å². The van der Waals surface area contributed by atoms with Crippen LogP contribution in [-0.4, -0.2) is 19.0 Å². The van der Waals surface area contributed by atoms with Gasteiger partial charge in [0, 0.05) is 10.6 Å². The second kappa shape index (κ2) is 3.38. The van der Waals surface area contributed by atoms with E-state index in [1.54, 1.807) is 0 Å². The quantitative estimate of drug-likeness (QED) is 0.675. The van der Waals surface area contributed by atoms with Crippen molar-refractivity contribution < 1.29 is 4.74 Å². The van der Waals surface area contributed by atoms with Gasteiger partial charge < -0.3 is 4.74 Å². The third-order valence-electron chi connectivity index (χ3n) is 2.00. The van der Waals surface area contributed by atoms with E-state index in [9.17, 15) is 0 Å². The first kappa shape index (κ1) is 8.57. The Hall–Kier alpha value is -1.02. The molecular formula is C10H10ClNO. The van der Waals surface area contributed by atoms with E-state index >= 15 is 0 Å². The number of hydrogen-bond acceptors (Lipinski definition) is 2. The molecule has 2 rings (SSSR count). The van der Waals surface area contributed by atoms with Gasteiger partial charge in [-0.3, -0.25) is 0 Å². The van der Waals surface area contributed by atoms with Gasteiger partial charge in [0.1, 0.15) is 6.61 Å². The number of ether oxygens (including phenoxy) is 1. The van der Waals surface area contributed by atoms with Crippen LogP contribution in [0.4, 0.5) is 0 Å². The Morgan fingerprint density at radius 3 is 2.92 bits per heavy atom. The van der Waals surface area contributed by atoms with E-state index in [0.29, 0.717) is 12.5 Å². The fourth-order valence-corrected chi connectivity index (χ4v) is 1.42. The molecule has 0 amide bonds. The standard InChI is InChI=1S/C10H10ClNO/c1-7-2-3-8(6-9(7)11)10-12-4-5-13-10/h2-3,6H,4-5H2,1H3. The van der Waals surface area contributed by atoms with Gasteiger partial charge in [0.15, 0.2) is 0 Å². The molecule has 1 aromatic rings. The van der Waals surface area contributed by atoms with Crippen LogP contribution in [0.25, 0.3) is 0 Å². The number of rotatable bonds is 1. The van der Waals surface area contributed by atoms with E-state index in [0.717, 1.165) is 22.7 Å². The molecule has 0 fully saturated rings. The van der Waals surface area contributed by atoms with Gasteiger partial charge >= 0.3 is 0 Å². The maximum absolute atomic E-state index is 5.98. The Kier molecular flexibility index (Phi) is 2.23. The Bertz CT molecular complexity index is 360. The van der Waals surface area contributed by atoms with Crippen molar-refractivity contribution in [1.82, 2.24) is 0 Å². The predicted molar refractivity (Wildman–Crippen MR) is 53.5 cm³/mol. The third kappa shape index (κ3) is 1.68. The lowest BCUT2D eigenvalue weighted by atomic mass is 10.1. The van der Waals surface area contributed by atoms with E-state index in [1.807, 2.05) is 25.1 Å². The van der Waals surface area contributed by atoms with Crippen molar-refractivity contribution in [2.45, 2.75) is 6.92 Å². The highest BCUT2D eigenvalue weighted by Crippen LogP contribution is 2.18. The molecule has 0 N–H and O–H groups in total. The Morgan fingerprint density at radius 1 is 1.46 bits per heavy atom. The average Bonchev–Trinajstić information content (AvgIpc) is 2.62. The SMILES string of the molecule is Cc1ccc(C2=NCCO2)cc1Cl. The van der Waals surface area contributed by atoms with Gasteiger partial charge in [0.25, 0.3) is 0 Å². The second-order valence-electron chi connectivity index (χ2n) is 3.00. The summed E-state index contributed by atoms with van der Waals surface area (Å²) >= 11 is 5.98. The van der Waals surface area contributed by atoms with E-state index in [2.05, 4.69) is 4.99 Å². The molecule has 13 heavy (non-hydrogen) atoms. The van der Waals surface area contributed by atoms with E-state index in [4.69, 9.17) is 16.3 Å². The zero-order valence-electron chi connectivity index (χ0n) is 7.38. The lowest BCUT2D eigenvalue weighted by molar-refractivity contribution is 0.348. The van der Waals surface area contributed by atoms with Crippen LogP contribution in [0.3, 0.4) is 0 Å². The lowest BCUT2D eigenvalue weighted by Crippen LogP contribution is -2.00. The second-order valence-corrected chi connectivity index (χ2v) is 3.41. The number of nitrogens with zero attached hydrogens (tertiary/aromatic N) is 1. The van der Waals surface area contributed by atoms with E-state index < -0.39 is 0 Å². The number of halogens is 1. The molecule has 0 aromatic heterocycles. The van der Waals surface area contributed by atoms with Crippen LogP contribution in [-0.2, 0) is 4.74 Å². The molecule has 0 atom stereocenters. The maximum Gasteiger partial charge on any atom is 0.216 e. The monoisotopic (exact) mass is 195 g/mol.